The number of nitrogens with one attached hydrogen (secondary N) is 1. The maximum atomic E-state index is 13.3. The van der Waals surface area contributed by atoms with E-state index >= 15 is 0 Å². The highest BCUT2D eigenvalue weighted by molar-refractivity contribution is 7.89. The molecule has 8 nitrogen and oxygen atoms in total. The van der Waals surface area contributed by atoms with Gasteiger partial charge in [-0.3, -0.25) is 9.59 Å². The van der Waals surface area contributed by atoms with Gasteiger partial charge in [-0.2, -0.15) is 0 Å². The van der Waals surface area contributed by atoms with Crippen molar-refractivity contribution in [1.82, 2.24) is 9.21 Å². The van der Waals surface area contributed by atoms with Crippen molar-refractivity contribution in [2.75, 3.05) is 50.5 Å². The highest BCUT2D eigenvalue weighted by Gasteiger charge is 2.24. The zero-order valence-electron chi connectivity index (χ0n) is 20.4. The van der Waals surface area contributed by atoms with E-state index in [9.17, 15) is 18.0 Å². The number of hydrogen-bond donors (Lipinski definition) is 1. The summed E-state index contributed by atoms with van der Waals surface area (Å²) in [4.78, 5) is 29.8. The van der Waals surface area contributed by atoms with Gasteiger partial charge in [-0.1, -0.05) is 0 Å². The molecular formula is C25H34N4O4S. The molecule has 2 amide bonds. The van der Waals surface area contributed by atoms with E-state index in [0.717, 1.165) is 42.3 Å². The average molecular weight is 487 g/mol. The molecule has 9 heteroatoms. The maximum absolute atomic E-state index is 13.3. The monoisotopic (exact) mass is 486 g/mol. The molecule has 0 aliphatic carbocycles. The lowest BCUT2D eigenvalue weighted by Crippen LogP contribution is -2.32. The summed E-state index contributed by atoms with van der Waals surface area (Å²) >= 11 is 0. The number of nitrogens with zero attached hydrogens (tertiary/aromatic N) is 3. The molecule has 2 aromatic rings. The number of hydrogen-bond acceptors (Lipinski definition) is 5. The number of carbonyl (C=O) groups excluding carboxylic acids is 2. The van der Waals surface area contributed by atoms with Crippen LogP contribution in [0.2, 0.25) is 0 Å². The Labute approximate surface area is 202 Å². The van der Waals surface area contributed by atoms with Gasteiger partial charge < -0.3 is 15.1 Å². The summed E-state index contributed by atoms with van der Waals surface area (Å²) in [6.07, 6.45) is 3.20. The molecule has 0 atom stereocenters. The van der Waals surface area contributed by atoms with Crippen LogP contribution in [0.25, 0.3) is 0 Å². The summed E-state index contributed by atoms with van der Waals surface area (Å²) in [5.41, 5.74) is 2.12. The second-order valence-electron chi connectivity index (χ2n) is 8.52. The SMILES string of the molecule is CCN(CC)C(=O)c1ccc(NC(=O)c2cc(S(=O)(=O)N(C)C)ccc2N2CCCCC2)cc1. The molecule has 1 fully saturated rings. The molecule has 1 heterocycles. The third-order valence-electron chi connectivity index (χ3n) is 6.13. The smallest absolute Gasteiger partial charge is 0.257 e. The van der Waals surface area contributed by atoms with Gasteiger partial charge in [0.25, 0.3) is 11.8 Å². The molecule has 0 bridgehead atoms. The molecule has 1 aliphatic heterocycles. The fourth-order valence-electron chi connectivity index (χ4n) is 4.07. The van der Waals surface area contributed by atoms with Crippen molar-refractivity contribution in [2.45, 2.75) is 38.0 Å². The summed E-state index contributed by atoms with van der Waals surface area (Å²) in [6, 6.07) is 11.5. The van der Waals surface area contributed by atoms with Crippen LogP contribution in [-0.2, 0) is 10.0 Å². The highest BCUT2D eigenvalue weighted by atomic mass is 32.2. The van der Waals surface area contributed by atoms with Crippen LogP contribution < -0.4 is 10.2 Å². The zero-order valence-corrected chi connectivity index (χ0v) is 21.2. The first-order valence-corrected chi connectivity index (χ1v) is 13.1. The van der Waals surface area contributed by atoms with Crippen molar-refractivity contribution < 1.29 is 18.0 Å². The first-order valence-electron chi connectivity index (χ1n) is 11.7. The second-order valence-corrected chi connectivity index (χ2v) is 10.7. The molecule has 0 spiro atoms. The lowest BCUT2D eigenvalue weighted by Gasteiger charge is -2.30. The van der Waals surface area contributed by atoms with E-state index in [0.29, 0.717) is 29.9 Å². The fraction of sp³-hybridized carbons (Fsp3) is 0.440. The van der Waals surface area contributed by atoms with Crippen molar-refractivity contribution in [3.63, 3.8) is 0 Å². The molecule has 1 N–H and O–H groups in total. The van der Waals surface area contributed by atoms with E-state index < -0.39 is 10.0 Å². The van der Waals surface area contributed by atoms with Crippen molar-refractivity contribution in [2.24, 2.45) is 0 Å². The Bertz CT molecular complexity index is 1120. The van der Waals surface area contributed by atoms with Crippen molar-refractivity contribution >= 4 is 33.2 Å². The maximum Gasteiger partial charge on any atom is 0.257 e. The van der Waals surface area contributed by atoms with Gasteiger partial charge in [-0.15, -0.1) is 0 Å². The van der Waals surface area contributed by atoms with Gasteiger partial charge in [0.05, 0.1) is 10.5 Å². The average Bonchev–Trinajstić information content (AvgIpc) is 2.85. The molecule has 1 aliphatic rings. The van der Waals surface area contributed by atoms with Gasteiger partial charge in [-0.25, -0.2) is 12.7 Å². The van der Waals surface area contributed by atoms with Crippen LogP contribution in [0.15, 0.2) is 47.4 Å². The Morgan fingerprint density at radius 1 is 0.941 bits per heavy atom. The molecule has 184 valence electrons. The third kappa shape index (κ3) is 5.59. The van der Waals surface area contributed by atoms with Crippen molar-refractivity contribution in [3.8, 4) is 0 Å². The van der Waals surface area contributed by atoms with E-state index in [-0.39, 0.29) is 16.7 Å². The predicted molar refractivity (Wildman–Crippen MR) is 135 cm³/mol. The predicted octanol–water partition coefficient (Wildman–Crippen LogP) is 3.66. The largest absolute Gasteiger partial charge is 0.371 e. The lowest BCUT2D eigenvalue weighted by atomic mass is 10.1. The minimum absolute atomic E-state index is 0.0585. The summed E-state index contributed by atoms with van der Waals surface area (Å²) in [6.45, 7) is 6.75. The first-order chi connectivity index (χ1) is 16.2. The van der Waals surface area contributed by atoms with Crippen LogP contribution in [0.4, 0.5) is 11.4 Å². The molecule has 1 saturated heterocycles. The highest BCUT2D eigenvalue weighted by Crippen LogP contribution is 2.28. The number of benzene rings is 2. The quantitative estimate of drug-likeness (QED) is 0.615. The van der Waals surface area contributed by atoms with E-state index in [1.54, 1.807) is 41.3 Å². The summed E-state index contributed by atoms with van der Waals surface area (Å²) < 4.78 is 26.5. The van der Waals surface area contributed by atoms with E-state index in [2.05, 4.69) is 10.2 Å². The Hall–Kier alpha value is -2.91. The van der Waals surface area contributed by atoms with Crippen LogP contribution in [0.3, 0.4) is 0 Å². The van der Waals surface area contributed by atoms with Crippen molar-refractivity contribution in [1.29, 1.82) is 0 Å². The summed E-state index contributed by atoms with van der Waals surface area (Å²) in [5, 5.41) is 2.87. The number of sulfonamides is 1. The van der Waals surface area contributed by atoms with Crippen LogP contribution in [0.5, 0.6) is 0 Å². The molecule has 0 unspecified atom stereocenters. The normalized spacial score (nSPS) is 14.2. The van der Waals surface area contributed by atoms with Gasteiger partial charge in [0.1, 0.15) is 0 Å². The molecule has 2 aromatic carbocycles. The number of amides is 2. The fourth-order valence-corrected chi connectivity index (χ4v) is 5.00. The summed E-state index contributed by atoms with van der Waals surface area (Å²) in [7, 11) is -0.755. The van der Waals surface area contributed by atoms with Crippen LogP contribution >= 0.6 is 0 Å². The second kappa shape index (κ2) is 11.0. The van der Waals surface area contributed by atoms with Crippen LogP contribution in [0.1, 0.15) is 53.8 Å². The topological polar surface area (TPSA) is 90.0 Å². The Kier molecular flexibility index (Phi) is 8.33. The number of rotatable bonds is 8. The van der Waals surface area contributed by atoms with E-state index in [1.165, 1.54) is 20.2 Å². The van der Waals surface area contributed by atoms with Gasteiger partial charge in [-0.05, 0) is 75.6 Å². The third-order valence-corrected chi connectivity index (χ3v) is 7.94. The van der Waals surface area contributed by atoms with E-state index in [1.807, 2.05) is 13.8 Å². The van der Waals surface area contributed by atoms with Gasteiger partial charge in [0.2, 0.25) is 10.0 Å². The molecule has 34 heavy (non-hydrogen) atoms. The number of anilines is 2. The number of carbonyl (C=O) groups is 2. The minimum Gasteiger partial charge on any atom is -0.371 e. The molecule has 0 radical (unpaired) electrons. The van der Waals surface area contributed by atoms with Crippen LogP contribution in [-0.4, -0.2) is 69.7 Å². The standard InChI is InChI=1S/C25H34N4O4S/c1-5-28(6-2)25(31)19-10-12-20(13-11-19)26-24(30)22-18-21(34(32,33)27(3)4)14-15-23(22)29-16-8-7-9-17-29/h10-15,18H,5-9,16-17H2,1-4H3,(H,26,30). The minimum atomic E-state index is -3.69. The van der Waals surface area contributed by atoms with E-state index in [4.69, 9.17) is 0 Å². The Balaban J connectivity index is 1.90. The molecule has 3 rings (SSSR count). The zero-order chi connectivity index (χ0) is 24.9. The van der Waals surface area contributed by atoms with Crippen molar-refractivity contribution in [3.05, 3.63) is 53.6 Å². The molecule has 0 aromatic heterocycles. The van der Waals surface area contributed by atoms with Gasteiger partial charge >= 0.3 is 0 Å². The van der Waals surface area contributed by atoms with Crippen LogP contribution in [0, 0.1) is 0 Å². The lowest BCUT2D eigenvalue weighted by molar-refractivity contribution is 0.0773. The molecular weight excluding hydrogens is 452 g/mol. The van der Waals surface area contributed by atoms with Gasteiger partial charge in [0, 0.05) is 57.2 Å². The molecule has 0 saturated carbocycles. The van der Waals surface area contributed by atoms with Gasteiger partial charge in [0.15, 0.2) is 0 Å². The number of piperidine rings is 1. The Morgan fingerprint density at radius 2 is 1.56 bits per heavy atom. The first kappa shape index (κ1) is 25.7. The summed E-state index contributed by atoms with van der Waals surface area (Å²) in [5.74, 6) is -0.448. The Morgan fingerprint density at radius 3 is 2.12 bits per heavy atom.